The maximum absolute atomic E-state index is 12.1. The molecule has 2 saturated carbocycles. The van der Waals surface area contributed by atoms with Crippen molar-refractivity contribution in [3.05, 3.63) is 0 Å². The molecule has 2 aliphatic rings. The van der Waals surface area contributed by atoms with E-state index in [0.29, 0.717) is 25.4 Å². The van der Waals surface area contributed by atoms with Crippen LogP contribution in [0.5, 0.6) is 0 Å². The Morgan fingerprint density at radius 2 is 1.89 bits per heavy atom. The highest BCUT2D eigenvalue weighted by Gasteiger charge is 2.40. The molecular formula is C15H27NO3. The summed E-state index contributed by atoms with van der Waals surface area (Å²) in [6, 6.07) is 0.462. The summed E-state index contributed by atoms with van der Waals surface area (Å²) < 4.78 is 11.2. The number of ether oxygens (including phenoxy) is 2. The Kier molecular flexibility index (Phi) is 5.22. The van der Waals surface area contributed by atoms with Crippen LogP contribution >= 0.6 is 0 Å². The van der Waals surface area contributed by atoms with E-state index in [-0.39, 0.29) is 5.97 Å². The molecule has 1 N–H and O–H groups in total. The van der Waals surface area contributed by atoms with Gasteiger partial charge in [-0.25, -0.2) is 4.79 Å². The van der Waals surface area contributed by atoms with Crippen molar-refractivity contribution in [1.29, 1.82) is 0 Å². The van der Waals surface area contributed by atoms with Gasteiger partial charge in [-0.05, 0) is 39.5 Å². The largest absolute Gasteiger partial charge is 0.465 e. The number of hydrogen-bond acceptors (Lipinski definition) is 4. The molecule has 0 heterocycles. The molecule has 2 rings (SSSR count). The molecule has 4 heteroatoms. The van der Waals surface area contributed by atoms with Gasteiger partial charge in [0.1, 0.15) is 5.54 Å². The molecule has 0 aromatic heterocycles. The van der Waals surface area contributed by atoms with Crippen LogP contribution < -0.4 is 5.32 Å². The lowest BCUT2D eigenvalue weighted by Crippen LogP contribution is -2.55. The van der Waals surface area contributed by atoms with E-state index in [1.54, 1.807) is 0 Å². The first-order chi connectivity index (χ1) is 9.14. The molecule has 1 atom stereocenters. The van der Waals surface area contributed by atoms with Crippen LogP contribution in [0.4, 0.5) is 0 Å². The third-order valence-corrected chi connectivity index (χ3v) is 3.99. The van der Waals surface area contributed by atoms with Gasteiger partial charge in [0.05, 0.1) is 19.3 Å². The molecule has 0 amide bonds. The Bertz CT molecular complexity index is 298. The Morgan fingerprint density at radius 3 is 2.47 bits per heavy atom. The van der Waals surface area contributed by atoms with E-state index in [1.807, 2.05) is 13.8 Å². The minimum atomic E-state index is -0.686. The second-order valence-electron chi connectivity index (χ2n) is 6.04. The van der Waals surface area contributed by atoms with Crippen molar-refractivity contribution >= 4 is 5.97 Å². The van der Waals surface area contributed by atoms with Crippen LogP contribution in [0.3, 0.4) is 0 Å². The highest BCUT2D eigenvalue weighted by Crippen LogP contribution is 2.25. The maximum atomic E-state index is 12.1. The van der Waals surface area contributed by atoms with E-state index in [4.69, 9.17) is 9.47 Å². The lowest BCUT2D eigenvalue weighted by atomic mass is 9.97. The summed E-state index contributed by atoms with van der Waals surface area (Å²) in [7, 11) is 0. The summed E-state index contributed by atoms with van der Waals surface area (Å²) in [5.74, 6) is -0.183. The predicted molar refractivity (Wildman–Crippen MR) is 74.0 cm³/mol. The van der Waals surface area contributed by atoms with E-state index < -0.39 is 5.54 Å². The normalized spacial score (nSPS) is 23.9. The summed E-state index contributed by atoms with van der Waals surface area (Å²) in [6.45, 7) is 4.60. The molecule has 0 bridgehead atoms. The second-order valence-corrected chi connectivity index (χ2v) is 6.04. The van der Waals surface area contributed by atoms with Gasteiger partial charge in [0, 0.05) is 6.04 Å². The molecule has 0 aromatic carbocycles. The van der Waals surface area contributed by atoms with Crippen molar-refractivity contribution < 1.29 is 14.3 Å². The average Bonchev–Trinajstić information content (AvgIpc) is 3.22. The fraction of sp³-hybridized carbons (Fsp3) is 0.933. The molecule has 4 nitrogen and oxygen atoms in total. The molecule has 0 spiro atoms. The molecule has 110 valence electrons. The zero-order chi connectivity index (χ0) is 13.7. The third-order valence-electron chi connectivity index (χ3n) is 3.99. The molecule has 2 fully saturated rings. The number of nitrogens with one attached hydrogen (secondary N) is 1. The fourth-order valence-corrected chi connectivity index (χ4v) is 2.64. The van der Waals surface area contributed by atoms with Crippen molar-refractivity contribution in [3.63, 3.8) is 0 Å². The number of esters is 1. The first-order valence-corrected chi connectivity index (χ1v) is 7.70. The van der Waals surface area contributed by atoms with E-state index >= 15 is 0 Å². The Labute approximate surface area is 116 Å². The van der Waals surface area contributed by atoms with Crippen LogP contribution in [-0.2, 0) is 14.3 Å². The van der Waals surface area contributed by atoms with Gasteiger partial charge in [-0.2, -0.15) is 0 Å². The van der Waals surface area contributed by atoms with Gasteiger partial charge in [-0.3, -0.25) is 5.32 Å². The molecule has 0 saturated heterocycles. The van der Waals surface area contributed by atoms with Crippen molar-refractivity contribution in [2.75, 3.05) is 13.2 Å². The van der Waals surface area contributed by atoms with E-state index in [9.17, 15) is 4.79 Å². The van der Waals surface area contributed by atoms with Gasteiger partial charge in [-0.15, -0.1) is 0 Å². The first-order valence-electron chi connectivity index (χ1n) is 7.70. The molecule has 2 aliphatic carbocycles. The zero-order valence-corrected chi connectivity index (χ0v) is 12.2. The van der Waals surface area contributed by atoms with Crippen molar-refractivity contribution in [2.45, 2.75) is 76.5 Å². The highest BCUT2D eigenvalue weighted by atomic mass is 16.5. The van der Waals surface area contributed by atoms with Crippen molar-refractivity contribution in [1.82, 2.24) is 5.32 Å². The average molecular weight is 269 g/mol. The summed E-state index contributed by atoms with van der Waals surface area (Å²) in [5, 5.41) is 3.39. The summed E-state index contributed by atoms with van der Waals surface area (Å²) in [4.78, 5) is 12.1. The van der Waals surface area contributed by atoms with Crippen LogP contribution in [0.25, 0.3) is 0 Å². The van der Waals surface area contributed by atoms with Crippen molar-refractivity contribution in [2.24, 2.45) is 0 Å². The van der Waals surface area contributed by atoms with Crippen LogP contribution in [0, 0.1) is 0 Å². The topological polar surface area (TPSA) is 47.6 Å². The van der Waals surface area contributed by atoms with Gasteiger partial charge < -0.3 is 9.47 Å². The van der Waals surface area contributed by atoms with E-state index in [2.05, 4.69) is 5.32 Å². The molecular weight excluding hydrogens is 242 g/mol. The summed E-state index contributed by atoms with van der Waals surface area (Å²) in [5.41, 5.74) is -0.686. The number of hydrogen-bond donors (Lipinski definition) is 1. The quantitative estimate of drug-likeness (QED) is 0.721. The third kappa shape index (κ3) is 4.46. The van der Waals surface area contributed by atoms with Crippen LogP contribution in [0.15, 0.2) is 0 Å². The second kappa shape index (κ2) is 6.71. The molecule has 1 unspecified atom stereocenters. The van der Waals surface area contributed by atoms with Gasteiger partial charge in [0.25, 0.3) is 0 Å². The molecule has 0 aliphatic heterocycles. The predicted octanol–water partition coefficient (Wildman–Crippen LogP) is 2.41. The maximum Gasteiger partial charge on any atom is 0.328 e. The molecule has 19 heavy (non-hydrogen) atoms. The number of carbonyl (C=O) groups is 1. The molecule has 0 radical (unpaired) electrons. The highest BCUT2D eigenvalue weighted by molar-refractivity contribution is 5.80. The lowest BCUT2D eigenvalue weighted by Gasteiger charge is -2.31. The van der Waals surface area contributed by atoms with Crippen LogP contribution in [0.1, 0.15) is 58.8 Å². The Hall–Kier alpha value is -0.610. The monoisotopic (exact) mass is 269 g/mol. The van der Waals surface area contributed by atoms with Gasteiger partial charge >= 0.3 is 5.97 Å². The SMILES string of the molecule is CCOC(=O)C(C)(COC1CCCCC1)NC1CC1. The van der Waals surface area contributed by atoms with Crippen LogP contribution in [0.2, 0.25) is 0 Å². The lowest BCUT2D eigenvalue weighted by molar-refractivity contribution is -0.154. The molecule has 0 aromatic rings. The minimum Gasteiger partial charge on any atom is -0.465 e. The smallest absolute Gasteiger partial charge is 0.328 e. The van der Waals surface area contributed by atoms with Crippen LogP contribution in [-0.4, -0.2) is 36.9 Å². The summed E-state index contributed by atoms with van der Waals surface area (Å²) >= 11 is 0. The van der Waals surface area contributed by atoms with Crippen molar-refractivity contribution in [3.8, 4) is 0 Å². The Balaban J connectivity index is 1.86. The van der Waals surface area contributed by atoms with Gasteiger partial charge in [0.15, 0.2) is 0 Å². The van der Waals surface area contributed by atoms with Gasteiger partial charge in [-0.1, -0.05) is 19.3 Å². The standard InChI is InChI=1S/C15H27NO3/c1-3-18-14(17)15(2,16-12-9-10-12)11-19-13-7-5-4-6-8-13/h12-13,16H,3-11H2,1-2H3. The Morgan fingerprint density at radius 1 is 1.21 bits per heavy atom. The zero-order valence-electron chi connectivity index (χ0n) is 12.2. The summed E-state index contributed by atoms with van der Waals surface area (Å²) in [6.07, 6.45) is 8.69. The van der Waals surface area contributed by atoms with E-state index in [0.717, 1.165) is 25.7 Å². The first kappa shape index (κ1) is 14.8. The number of rotatable bonds is 7. The number of carbonyl (C=O) groups excluding carboxylic acids is 1. The minimum absolute atomic E-state index is 0.183. The van der Waals surface area contributed by atoms with E-state index in [1.165, 1.54) is 19.3 Å². The fourth-order valence-electron chi connectivity index (χ4n) is 2.64. The van der Waals surface area contributed by atoms with Gasteiger partial charge in [0.2, 0.25) is 0 Å².